The Labute approximate surface area is 155 Å². The summed E-state index contributed by atoms with van der Waals surface area (Å²) >= 11 is 0. The molecule has 0 aromatic heterocycles. The lowest BCUT2D eigenvalue weighted by Crippen LogP contribution is -2.56. The lowest BCUT2D eigenvalue weighted by atomic mass is 10.4. The maximum Gasteiger partial charge on any atom is 0.315 e. The summed E-state index contributed by atoms with van der Waals surface area (Å²) in [5.74, 6) is 0. The third-order valence-corrected chi connectivity index (χ3v) is 16.6. The van der Waals surface area contributed by atoms with Crippen LogP contribution in [0.2, 0.25) is 65.0 Å². The summed E-state index contributed by atoms with van der Waals surface area (Å²) in [4.78, 5) is 0. The molecule has 4 nitrogen and oxygen atoms in total. The topological polar surface area (TPSA) is 36.9 Å². The predicted molar refractivity (Wildman–Crippen MR) is 114 cm³/mol. The molecule has 0 fully saturated rings. The highest BCUT2D eigenvalue weighted by atomic mass is 28.5. The van der Waals surface area contributed by atoms with Gasteiger partial charge >= 0.3 is 17.1 Å². The highest BCUT2D eigenvalue weighted by Gasteiger charge is 2.44. The van der Waals surface area contributed by atoms with Crippen LogP contribution in [0.5, 0.6) is 0 Å². The van der Waals surface area contributed by atoms with Gasteiger partial charge in [0.1, 0.15) is 0 Å². The summed E-state index contributed by atoms with van der Waals surface area (Å²) in [6.45, 7) is 23.8. The number of ether oxygens (including phenoxy) is 1. The molecular weight excluding hydrogens is 369 g/mol. The van der Waals surface area contributed by atoms with Crippen molar-refractivity contribution >= 4 is 33.8 Å². The minimum Gasteiger partial charge on any atom is -0.437 e. The van der Waals surface area contributed by atoms with Gasteiger partial charge in [-0.15, -0.1) is 0 Å². The van der Waals surface area contributed by atoms with Crippen molar-refractivity contribution < 1.29 is 17.1 Å². The van der Waals surface area contributed by atoms with Crippen molar-refractivity contribution in [3.63, 3.8) is 0 Å². The molecule has 0 radical (unpaired) electrons. The van der Waals surface area contributed by atoms with Gasteiger partial charge < -0.3 is 17.1 Å². The van der Waals surface area contributed by atoms with Crippen LogP contribution >= 0.6 is 0 Å². The molecule has 0 saturated carbocycles. The standard InChI is InChI=1S/C16H42O4Si4/c1-11-12-14-17-15-13-16-24(10,19-22(5,6)7)20-23(8,9)18-21(2,3)4/h11-16H2,1-10H3. The van der Waals surface area contributed by atoms with Gasteiger partial charge in [0.25, 0.3) is 0 Å². The van der Waals surface area contributed by atoms with Crippen molar-refractivity contribution in [3.05, 3.63) is 0 Å². The van der Waals surface area contributed by atoms with E-state index in [-0.39, 0.29) is 0 Å². The summed E-state index contributed by atoms with van der Waals surface area (Å²) < 4.78 is 25.3. The lowest BCUT2D eigenvalue weighted by molar-refractivity contribution is 0.130. The minimum absolute atomic E-state index is 0.803. The fourth-order valence-electron chi connectivity index (χ4n) is 2.89. The van der Waals surface area contributed by atoms with Gasteiger partial charge in [0.2, 0.25) is 0 Å². The molecule has 0 aliphatic rings. The first-order valence-electron chi connectivity index (χ1n) is 9.36. The van der Waals surface area contributed by atoms with Crippen LogP contribution < -0.4 is 0 Å². The molecule has 0 bridgehead atoms. The van der Waals surface area contributed by atoms with Crippen molar-refractivity contribution in [1.82, 2.24) is 0 Å². The zero-order chi connectivity index (χ0) is 19.1. The first-order valence-corrected chi connectivity index (χ1v) is 21.5. The molecule has 8 heteroatoms. The van der Waals surface area contributed by atoms with Gasteiger partial charge in [0.05, 0.1) is 0 Å². The first kappa shape index (κ1) is 24.7. The number of unbranched alkanes of at least 4 members (excludes halogenated alkanes) is 1. The summed E-state index contributed by atoms with van der Waals surface area (Å²) in [6, 6.07) is 0.981. The molecule has 0 saturated heterocycles. The summed E-state index contributed by atoms with van der Waals surface area (Å²) in [6.07, 6.45) is 3.33. The van der Waals surface area contributed by atoms with E-state index in [2.05, 4.69) is 65.8 Å². The van der Waals surface area contributed by atoms with Gasteiger partial charge in [0.15, 0.2) is 16.6 Å². The van der Waals surface area contributed by atoms with E-state index in [9.17, 15) is 0 Å². The normalized spacial score (nSPS) is 16.2. The molecule has 146 valence electrons. The first-order chi connectivity index (χ1) is 10.7. The van der Waals surface area contributed by atoms with E-state index in [4.69, 9.17) is 17.1 Å². The largest absolute Gasteiger partial charge is 0.437 e. The van der Waals surface area contributed by atoms with E-state index in [1.807, 2.05) is 0 Å². The van der Waals surface area contributed by atoms with E-state index < -0.39 is 33.8 Å². The Balaban J connectivity index is 4.76. The van der Waals surface area contributed by atoms with Crippen LogP contribution in [0.3, 0.4) is 0 Å². The summed E-state index contributed by atoms with van der Waals surface area (Å²) in [7, 11) is -7.70. The van der Waals surface area contributed by atoms with Gasteiger partial charge in [-0.05, 0) is 77.8 Å². The molecule has 0 N–H and O–H groups in total. The Bertz CT molecular complexity index is 353. The molecule has 1 atom stereocenters. The van der Waals surface area contributed by atoms with Gasteiger partial charge in [-0.2, -0.15) is 0 Å². The Hall–Kier alpha value is 0.708. The van der Waals surface area contributed by atoms with Crippen LogP contribution in [0.4, 0.5) is 0 Å². The highest BCUT2D eigenvalue weighted by molar-refractivity contribution is 6.89. The minimum atomic E-state index is -2.25. The van der Waals surface area contributed by atoms with Crippen LogP contribution in [0.15, 0.2) is 0 Å². The molecule has 0 aromatic rings. The second-order valence-electron chi connectivity index (χ2n) is 9.13. The van der Waals surface area contributed by atoms with Gasteiger partial charge in [0, 0.05) is 13.2 Å². The van der Waals surface area contributed by atoms with Crippen LogP contribution in [-0.4, -0.2) is 47.0 Å². The SMILES string of the molecule is CCCCOCCC[Si](C)(O[Si](C)(C)C)O[Si](C)(C)O[Si](C)(C)C. The van der Waals surface area contributed by atoms with Crippen molar-refractivity contribution in [2.45, 2.75) is 91.2 Å². The summed E-state index contributed by atoms with van der Waals surface area (Å²) in [5, 5.41) is 0. The van der Waals surface area contributed by atoms with E-state index in [1.54, 1.807) is 0 Å². The van der Waals surface area contributed by atoms with Crippen molar-refractivity contribution in [2.75, 3.05) is 13.2 Å². The quantitative estimate of drug-likeness (QED) is 0.289. The smallest absolute Gasteiger partial charge is 0.315 e. The Morgan fingerprint density at radius 3 is 1.58 bits per heavy atom. The van der Waals surface area contributed by atoms with Crippen molar-refractivity contribution in [3.8, 4) is 0 Å². The molecule has 0 rings (SSSR count). The molecule has 0 aromatic carbocycles. The van der Waals surface area contributed by atoms with Gasteiger partial charge in [-0.3, -0.25) is 0 Å². The average Bonchev–Trinajstić information content (AvgIpc) is 2.26. The Morgan fingerprint density at radius 1 is 0.625 bits per heavy atom. The maximum atomic E-state index is 6.65. The fourth-order valence-corrected chi connectivity index (χ4v) is 20.8. The molecule has 0 aliphatic carbocycles. The van der Waals surface area contributed by atoms with E-state index >= 15 is 0 Å². The Morgan fingerprint density at radius 2 is 1.12 bits per heavy atom. The van der Waals surface area contributed by atoms with E-state index in [0.29, 0.717) is 0 Å². The third kappa shape index (κ3) is 13.9. The summed E-state index contributed by atoms with van der Waals surface area (Å²) in [5.41, 5.74) is 0. The molecular formula is C16H42O4Si4. The molecule has 1 unspecified atom stereocenters. The Kier molecular flexibility index (Phi) is 10.4. The second-order valence-corrected chi connectivity index (χ2v) is 25.6. The maximum absolute atomic E-state index is 6.65. The third-order valence-electron chi connectivity index (χ3n) is 3.10. The van der Waals surface area contributed by atoms with Crippen LogP contribution in [0, 0.1) is 0 Å². The van der Waals surface area contributed by atoms with Crippen molar-refractivity contribution in [1.29, 1.82) is 0 Å². The van der Waals surface area contributed by atoms with Crippen LogP contribution in [0.1, 0.15) is 26.2 Å². The highest BCUT2D eigenvalue weighted by Crippen LogP contribution is 2.27. The van der Waals surface area contributed by atoms with Crippen LogP contribution in [-0.2, 0) is 17.1 Å². The van der Waals surface area contributed by atoms with Crippen molar-refractivity contribution in [2.24, 2.45) is 0 Å². The number of rotatable bonds is 13. The van der Waals surface area contributed by atoms with E-state index in [1.165, 1.54) is 6.42 Å². The molecule has 0 spiro atoms. The zero-order valence-electron chi connectivity index (χ0n) is 17.9. The van der Waals surface area contributed by atoms with Gasteiger partial charge in [-0.1, -0.05) is 13.3 Å². The molecule has 24 heavy (non-hydrogen) atoms. The lowest BCUT2D eigenvalue weighted by Gasteiger charge is -2.41. The second kappa shape index (κ2) is 10.1. The monoisotopic (exact) mass is 410 g/mol. The fraction of sp³-hybridized carbons (Fsp3) is 1.00. The zero-order valence-corrected chi connectivity index (χ0v) is 21.9. The molecule has 0 aliphatic heterocycles. The number of hydrogen-bond donors (Lipinski definition) is 0. The number of hydrogen-bond acceptors (Lipinski definition) is 4. The predicted octanol–water partition coefficient (Wildman–Crippen LogP) is 5.69. The molecule has 0 heterocycles. The van der Waals surface area contributed by atoms with Gasteiger partial charge in [-0.25, -0.2) is 0 Å². The van der Waals surface area contributed by atoms with Crippen LogP contribution in [0.25, 0.3) is 0 Å². The van der Waals surface area contributed by atoms with E-state index in [0.717, 1.165) is 32.1 Å². The average molecular weight is 411 g/mol. The molecule has 0 amide bonds.